The number of benzene rings is 2. The Morgan fingerprint density at radius 2 is 1.67 bits per heavy atom. The summed E-state index contributed by atoms with van der Waals surface area (Å²) in [5, 5.41) is 13.0. The van der Waals surface area contributed by atoms with Crippen LogP contribution in [0.25, 0.3) is 21.9 Å². The molecule has 0 bridgehead atoms. The molecule has 0 saturated heterocycles. The average Bonchev–Trinajstić information content (AvgIpc) is 2.47. The zero-order chi connectivity index (χ0) is 15.0. The first-order chi connectivity index (χ1) is 10.1. The summed E-state index contributed by atoms with van der Waals surface area (Å²) in [6.45, 7) is 0. The first-order valence-corrected chi connectivity index (χ1v) is 7.25. The van der Waals surface area contributed by atoms with Gasteiger partial charge in [0.05, 0.1) is 10.5 Å². The Labute approximate surface area is 134 Å². The fraction of sp³-hybridized carbons (Fsp3) is 0. The number of nitro benzene ring substituents is 1. The molecule has 3 aromatic rings. The van der Waals surface area contributed by atoms with E-state index in [1.165, 1.54) is 6.07 Å². The molecule has 104 valence electrons. The monoisotopic (exact) mass is 391 g/mol. The Morgan fingerprint density at radius 1 is 1.05 bits per heavy atom. The predicted octanol–water partition coefficient (Wildman–Crippen LogP) is 4.00. The SMILES string of the molecule is Nc1nc(I)c2ccccc2c1-c1ccccc1[N+](=O)[O-]. The highest BCUT2D eigenvalue weighted by Crippen LogP contribution is 2.38. The molecule has 21 heavy (non-hydrogen) atoms. The third-order valence-electron chi connectivity index (χ3n) is 3.26. The van der Waals surface area contributed by atoms with Gasteiger partial charge in [-0.15, -0.1) is 0 Å². The van der Waals surface area contributed by atoms with E-state index in [-0.39, 0.29) is 5.69 Å². The molecule has 1 aromatic heterocycles. The number of pyridine rings is 1. The molecule has 2 aromatic carbocycles. The van der Waals surface area contributed by atoms with Gasteiger partial charge in [-0.25, -0.2) is 4.98 Å². The number of nitro groups is 1. The number of nitrogens with zero attached hydrogens (tertiary/aromatic N) is 2. The molecule has 5 nitrogen and oxygen atoms in total. The Bertz CT molecular complexity index is 865. The second kappa shape index (κ2) is 5.28. The van der Waals surface area contributed by atoms with Crippen molar-refractivity contribution in [3.8, 4) is 11.1 Å². The van der Waals surface area contributed by atoms with E-state index in [0.717, 1.165) is 14.5 Å². The lowest BCUT2D eigenvalue weighted by atomic mass is 9.98. The number of halogens is 1. The van der Waals surface area contributed by atoms with Gasteiger partial charge in [0.25, 0.3) is 5.69 Å². The Hall–Kier alpha value is -2.22. The van der Waals surface area contributed by atoms with Gasteiger partial charge in [0.15, 0.2) is 0 Å². The maximum absolute atomic E-state index is 11.3. The van der Waals surface area contributed by atoms with Crippen molar-refractivity contribution >= 4 is 44.9 Å². The quantitative estimate of drug-likeness (QED) is 0.310. The van der Waals surface area contributed by atoms with E-state index in [9.17, 15) is 10.1 Å². The van der Waals surface area contributed by atoms with E-state index in [1.807, 2.05) is 24.3 Å². The fourth-order valence-electron chi connectivity index (χ4n) is 2.37. The Balaban J connectivity index is 2.44. The summed E-state index contributed by atoms with van der Waals surface area (Å²) in [4.78, 5) is 15.2. The molecular weight excluding hydrogens is 381 g/mol. The molecule has 3 rings (SSSR count). The number of aromatic nitrogens is 1. The summed E-state index contributed by atoms with van der Waals surface area (Å²) in [6.07, 6.45) is 0. The van der Waals surface area contributed by atoms with Crippen LogP contribution in [0.5, 0.6) is 0 Å². The van der Waals surface area contributed by atoms with Crippen LogP contribution >= 0.6 is 22.6 Å². The maximum atomic E-state index is 11.3. The summed E-state index contributed by atoms with van der Waals surface area (Å²) < 4.78 is 0.781. The number of nitrogens with two attached hydrogens (primary N) is 1. The number of fused-ring (bicyclic) bond motifs is 1. The van der Waals surface area contributed by atoms with Gasteiger partial charge in [-0.05, 0) is 34.0 Å². The van der Waals surface area contributed by atoms with Crippen molar-refractivity contribution < 1.29 is 4.92 Å². The van der Waals surface area contributed by atoms with Crippen molar-refractivity contribution in [1.29, 1.82) is 0 Å². The van der Waals surface area contributed by atoms with Gasteiger partial charge in [0, 0.05) is 17.0 Å². The standard InChI is InChI=1S/C15H10IN3O2/c16-14-10-6-2-1-5-9(10)13(15(17)18-14)11-7-3-4-8-12(11)19(20)21/h1-8H,(H2,17,18). The molecule has 0 atom stereocenters. The number of para-hydroxylation sites is 1. The van der Waals surface area contributed by atoms with Gasteiger partial charge in [0.2, 0.25) is 0 Å². The molecule has 2 N–H and O–H groups in total. The second-order valence-corrected chi connectivity index (χ2v) is 5.50. The molecule has 6 heteroatoms. The van der Waals surface area contributed by atoms with Crippen molar-refractivity contribution in [1.82, 2.24) is 4.98 Å². The number of hydrogen-bond acceptors (Lipinski definition) is 4. The lowest BCUT2D eigenvalue weighted by Crippen LogP contribution is -2.00. The topological polar surface area (TPSA) is 82.0 Å². The van der Waals surface area contributed by atoms with Crippen molar-refractivity contribution in [2.75, 3.05) is 5.73 Å². The van der Waals surface area contributed by atoms with Crippen LogP contribution in [0, 0.1) is 13.8 Å². The van der Waals surface area contributed by atoms with E-state index in [2.05, 4.69) is 27.6 Å². The smallest absolute Gasteiger partial charge is 0.277 e. The first-order valence-electron chi connectivity index (χ1n) is 6.17. The minimum atomic E-state index is -0.401. The minimum Gasteiger partial charge on any atom is -0.383 e. The van der Waals surface area contributed by atoms with Crippen LogP contribution in [0.1, 0.15) is 0 Å². The molecule has 0 fully saturated rings. The van der Waals surface area contributed by atoms with Gasteiger partial charge < -0.3 is 5.73 Å². The molecular formula is C15H10IN3O2. The summed E-state index contributed by atoms with van der Waals surface area (Å²) >= 11 is 2.12. The summed E-state index contributed by atoms with van der Waals surface area (Å²) in [7, 11) is 0. The summed E-state index contributed by atoms with van der Waals surface area (Å²) in [5.74, 6) is 0.299. The van der Waals surface area contributed by atoms with Gasteiger partial charge in [-0.2, -0.15) is 0 Å². The zero-order valence-corrected chi connectivity index (χ0v) is 12.9. The van der Waals surface area contributed by atoms with Crippen molar-refractivity contribution in [2.24, 2.45) is 0 Å². The number of hydrogen-bond donors (Lipinski definition) is 1. The average molecular weight is 391 g/mol. The van der Waals surface area contributed by atoms with Crippen LogP contribution in [-0.4, -0.2) is 9.91 Å². The van der Waals surface area contributed by atoms with Crippen LogP contribution in [0.2, 0.25) is 0 Å². The highest BCUT2D eigenvalue weighted by atomic mass is 127. The van der Waals surface area contributed by atoms with Crippen molar-refractivity contribution in [2.45, 2.75) is 0 Å². The van der Waals surface area contributed by atoms with Crippen LogP contribution in [-0.2, 0) is 0 Å². The molecule has 0 aliphatic heterocycles. The molecule has 0 spiro atoms. The summed E-state index contributed by atoms with van der Waals surface area (Å²) in [6, 6.07) is 14.2. The van der Waals surface area contributed by atoms with E-state index in [0.29, 0.717) is 16.9 Å². The van der Waals surface area contributed by atoms with Gasteiger partial charge in [-0.3, -0.25) is 10.1 Å². The lowest BCUT2D eigenvalue weighted by Gasteiger charge is -2.11. The van der Waals surface area contributed by atoms with Crippen LogP contribution < -0.4 is 5.73 Å². The van der Waals surface area contributed by atoms with Crippen molar-refractivity contribution in [3.05, 3.63) is 62.3 Å². The van der Waals surface area contributed by atoms with E-state index in [4.69, 9.17) is 5.73 Å². The molecule has 0 saturated carbocycles. The van der Waals surface area contributed by atoms with Gasteiger partial charge >= 0.3 is 0 Å². The van der Waals surface area contributed by atoms with E-state index >= 15 is 0 Å². The molecule has 1 heterocycles. The van der Waals surface area contributed by atoms with E-state index in [1.54, 1.807) is 18.2 Å². The van der Waals surface area contributed by atoms with Crippen molar-refractivity contribution in [3.63, 3.8) is 0 Å². The third kappa shape index (κ3) is 2.31. The maximum Gasteiger partial charge on any atom is 0.277 e. The van der Waals surface area contributed by atoms with Crippen LogP contribution in [0.3, 0.4) is 0 Å². The number of nitrogen functional groups attached to an aromatic ring is 1. The number of anilines is 1. The second-order valence-electron chi connectivity index (χ2n) is 4.48. The third-order valence-corrected chi connectivity index (χ3v) is 4.09. The molecule has 0 aliphatic carbocycles. The first kappa shape index (κ1) is 13.7. The highest BCUT2D eigenvalue weighted by molar-refractivity contribution is 14.1. The molecule has 0 radical (unpaired) electrons. The largest absolute Gasteiger partial charge is 0.383 e. The van der Waals surface area contributed by atoms with Gasteiger partial charge in [-0.1, -0.05) is 36.4 Å². The van der Waals surface area contributed by atoms with Gasteiger partial charge in [0.1, 0.15) is 9.52 Å². The van der Waals surface area contributed by atoms with Crippen LogP contribution in [0.15, 0.2) is 48.5 Å². The fourth-order valence-corrected chi connectivity index (χ4v) is 3.10. The Morgan fingerprint density at radius 3 is 2.38 bits per heavy atom. The molecule has 0 aliphatic rings. The Kier molecular flexibility index (Phi) is 3.46. The van der Waals surface area contributed by atoms with E-state index < -0.39 is 4.92 Å². The van der Waals surface area contributed by atoms with Crippen LogP contribution in [0.4, 0.5) is 11.5 Å². The lowest BCUT2D eigenvalue weighted by molar-refractivity contribution is -0.384. The highest BCUT2D eigenvalue weighted by Gasteiger charge is 2.20. The summed E-state index contributed by atoms with van der Waals surface area (Å²) in [5.41, 5.74) is 7.17. The molecule has 0 unspecified atom stereocenters. The normalized spacial score (nSPS) is 10.7. The zero-order valence-electron chi connectivity index (χ0n) is 10.8. The number of rotatable bonds is 2. The molecule has 0 amide bonds. The predicted molar refractivity (Wildman–Crippen MR) is 91.0 cm³/mol. The minimum absolute atomic E-state index is 0.0253.